The van der Waals surface area contributed by atoms with Gasteiger partial charge in [0.15, 0.2) is 0 Å². The number of nitrogen functional groups attached to an aromatic ring is 1. The number of halogens is 1. The average molecular weight is 272 g/mol. The Morgan fingerprint density at radius 3 is 2.79 bits per heavy atom. The molecule has 72 valence electrons. The van der Waals surface area contributed by atoms with Gasteiger partial charge in [-0.25, -0.2) is 0 Å². The van der Waals surface area contributed by atoms with Crippen LogP contribution in [0.1, 0.15) is 0 Å². The number of anilines is 1. The minimum atomic E-state index is -1.53. The van der Waals surface area contributed by atoms with Crippen molar-refractivity contribution in [2.24, 2.45) is 0 Å². The maximum Gasteiger partial charge on any atom is 0.492 e. The van der Waals surface area contributed by atoms with Gasteiger partial charge in [-0.2, -0.15) is 0 Å². The summed E-state index contributed by atoms with van der Waals surface area (Å²) in [4.78, 5) is 0. The van der Waals surface area contributed by atoms with E-state index in [1.54, 1.807) is 0 Å². The summed E-state index contributed by atoms with van der Waals surface area (Å²) >= 11 is 4.72. The van der Waals surface area contributed by atoms with Gasteiger partial charge in [0.25, 0.3) is 0 Å². The Labute approximate surface area is 93.4 Å². The second-order valence-corrected chi connectivity index (χ2v) is 4.67. The summed E-state index contributed by atoms with van der Waals surface area (Å²) in [6.07, 6.45) is 0. The number of hydrogen-bond donors (Lipinski definition) is 3. The van der Waals surface area contributed by atoms with E-state index in [9.17, 15) is 10.0 Å². The molecule has 0 aliphatic rings. The molecule has 1 heterocycles. The highest BCUT2D eigenvalue weighted by molar-refractivity contribution is 9.10. The monoisotopic (exact) mass is 271 g/mol. The van der Waals surface area contributed by atoms with Gasteiger partial charge >= 0.3 is 7.12 Å². The molecule has 0 saturated carbocycles. The largest absolute Gasteiger partial charge is 0.492 e. The Kier molecular flexibility index (Phi) is 2.53. The molecule has 6 heteroatoms. The molecule has 1 aromatic carbocycles. The summed E-state index contributed by atoms with van der Waals surface area (Å²) in [6, 6.07) is 3.78. The van der Waals surface area contributed by atoms with Gasteiger partial charge in [0, 0.05) is 20.3 Å². The zero-order chi connectivity index (χ0) is 10.3. The summed E-state index contributed by atoms with van der Waals surface area (Å²) < 4.78 is 1.51. The molecule has 3 nitrogen and oxygen atoms in total. The van der Waals surface area contributed by atoms with E-state index in [1.165, 1.54) is 11.3 Å². The van der Waals surface area contributed by atoms with Crippen LogP contribution in [-0.4, -0.2) is 17.2 Å². The highest BCUT2D eigenvalue weighted by Crippen LogP contribution is 2.28. The molecule has 0 aliphatic carbocycles. The van der Waals surface area contributed by atoms with E-state index in [0.717, 1.165) is 10.1 Å². The van der Waals surface area contributed by atoms with Gasteiger partial charge in [-0.3, -0.25) is 0 Å². The van der Waals surface area contributed by atoms with Gasteiger partial charge < -0.3 is 15.8 Å². The van der Waals surface area contributed by atoms with Crippen molar-refractivity contribution in [2.75, 3.05) is 5.73 Å². The molecule has 0 saturated heterocycles. The number of nitrogens with two attached hydrogens (primary N) is 1. The normalized spacial score (nSPS) is 10.8. The first-order valence-electron chi connectivity index (χ1n) is 3.92. The molecular weight excluding hydrogens is 265 g/mol. The quantitative estimate of drug-likeness (QED) is 0.534. The molecule has 0 radical (unpaired) electrons. The Morgan fingerprint density at radius 1 is 1.43 bits per heavy atom. The van der Waals surface area contributed by atoms with Crippen LogP contribution in [0.3, 0.4) is 0 Å². The number of hydrogen-bond acceptors (Lipinski definition) is 4. The van der Waals surface area contributed by atoms with Crippen LogP contribution in [0.4, 0.5) is 5.69 Å². The lowest BCUT2D eigenvalue weighted by Crippen LogP contribution is -2.32. The molecule has 0 aliphatic heterocycles. The first-order valence-corrected chi connectivity index (χ1v) is 5.59. The van der Waals surface area contributed by atoms with Crippen LogP contribution in [0.15, 0.2) is 22.0 Å². The standard InChI is InChI=1S/C8H7BBrNO2S/c10-5-3-4-1-2-14-8(4)6(7(5)11)9(12)13/h1-3,12-13H,11H2. The minimum Gasteiger partial charge on any atom is -0.423 e. The summed E-state index contributed by atoms with van der Waals surface area (Å²) in [5.74, 6) is 0. The number of rotatable bonds is 1. The van der Waals surface area contributed by atoms with Crippen LogP contribution in [0.2, 0.25) is 0 Å². The lowest BCUT2D eigenvalue weighted by atomic mass is 9.78. The third kappa shape index (κ3) is 1.44. The third-order valence-corrected chi connectivity index (χ3v) is 3.65. The van der Waals surface area contributed by atoms with E-state index in [0.29, 0.717) is 15.6 Å². The van der Waals surface area contributed by atoms with E-state index in [-0.39, 0.29) is 0 Å². The fourth-order valence-corrected chi connectivity index (χ4v) is 2.79. The van der Waals surface area contributed by atoms with Crippen molar-refractivity contribution in [3.05, 3.63) is 22.0 Å². The van der Waals surface area contributed by atoms with Gasteiger partial charge in [0.2, 0.25) is 0 Å². The van der Waals surface area contributed by atoms with Crippen LogP contribution in [0.5, 0.6) is 0 Å². The maximum absolute atomic E-state index is 9.21. The van der Waals surface area contributed by atoms with Crippen molar-refractivity contribution in [3.63, 3.8) is 0 Å². The Morgan fingerprint density at radius 2 is 2.14 bits per heavy atom. The predicted octanol–water partition coefficient (Wildman–Crippen LogP) is 0.926. The van der Waals surface area contributed by atoms with Crippen LogP contribution < -0.4 is 11.2 Å². The Balaban J connectivity index is 2.86. The first kappa shape index (κ1) is 9.98. The number of fused-ring (bicyclic) bond motifs is 1. The van der Waals surface area contributed by atoms with Crippen LogP contribution in [-0.2, 0) is 0 Å². The van der Waals surface area contributed by atoms with Gasteiger partial charge in [0.1, 0.15) is 0 Å². The maximum atomic E-state index is 9.21. The summed E-state index contributed by atoms with van der Waals surface area (Å²) in [5, 5.41) is 21.3. The smallest absolute Gasteiger partial charge is 0.423 e. The van der Waals surface area contributed by atoms with Crippen molar-refractivity contribution in [2.45, 2.75) is 0 Å². The molecule has 2 aromatic rings. The molecule has 14 heavy (non-hydrogen) atoms. The van der Waals surface area contributed by atoms with Crippen LogP contribution in [0.25, 0.3) is 10.1 Å². The van der Waals surface area contributed by atoms with Crippen LogP contribution >= 0.6 is 27.3 Å². The fraction of sp³-hybridized carbons (Fsp3) is 0. The van der Waals surface area contributed by atoms with E-state index >= 15 is 0 Å². The Bertz CT molecular complexity index is 485. The Hall–Kier alpha value is -0.555. The number of benzene rings is 1. The zero-order valence-corrected chi connectivity index (χ0v) is 9.47. The molecule has 4 N–H and O–H groups in total. The molecule has 0 unspecified atom stereocenters. The highest BCUT2D eigenvalue weighted by Gasteiger charge is 2.21. The molecule has 2 rings (SSSR count). The minimum absolute atomic E-state index is 0.379. The molecule has 0 atom stereocenters. The molecular formula is C8H7BBrNO2S. The molecule has 0 spiro atoms. The highest BCUT2D eigenvalue weighted by atomic mass is 79.9. The van der Waals surface area contributed by atoms with E-state index in [4.69, 9.17) is 5.73 Å². The fourth-order valence-electron chi connectivity index (χ4n) is 1.37. The van der Waals surface area contributed by atoms with E-state index in [1.807, 2.05) is 17.5 Å². The molecule has 0 bridgehead atoms. The van der Waals surface area contributed by atoms with Gasteiger partial charge in [-0.05, 0) is 38.8 Å². The third-order valence-electron chi connectivity index (χ3n) is 2.03. The second kappa shape index (κ2) is 3.54. The average Bonchev–Trinajstić information content (AvgIpc) is 2.52. The number of thiophene rings is 1. The lowest BCUT2D eigenvalue weighted by molar-refractivity contribution is 0.426. The first-order chi connectivity index (χ1) is 6.61. The van der Waals surface area contributed by atoms with Crippen molar-refractivity contribution in [1.29, 1.82) is 0 Å². The van der Waals surface area contributed by atoms with Crippen molar-refractivity contribution in [3.8, 4) is 0 Å². The van der Waals surface area contributed by atoms with Gasteiger partial charge in [-0.1, -0.05) is 0 Å². The van der Waals surface area contributed by atoms with Gasteiger partial charge in [0.05, 0.1) is 0 Å². The summed E-state index contributed by atoms with van der Waals surface area (Å²) in [7, 11) is -1.53. The molecule has 0 fully saturated rings. The molecule has 1 aromatic heterocycles. The summed E-state index contributed by atoms with van der Waals surface area (Å²) in [6.45, 7) is 0. The predicted molar refractivity (Wildman–Crippen MR) is 63.8 cm³/mol. The van der Waals surface area contributed by atoms with Crippen molar-refractivity contribution >= 4 is 55.6 Å². The zero-order valence-electron chi connectivity index (χ0n) is 7.07. The van der Waals surface area contributed by atoms with Crippen molar-refractivity contribution < 1.29 is 10.0 Å². The summed E-state index contributed by atoms with van der Waals surface area (Å²) in [5.41, 5.74) is 6.51. The second-order valence-electron chi connectivity index (χ2n) is 2.90. The topological polar surface area (TPSA) is 66.5 Å². The van der Waals surface area contributed by atoms with Gasteiger partial charge in [-0.15, -0.1) is 11.3 Å². The lowest BCUT2D eigenvalue weighted by Gasteiger charge is -2.07. The SMILES string of the molecule is Nc1c(Br)cc2ccsc2c1B(O)O. The van der Waals surface area contributed by atoms with Crippen molar-refractivity contribution in [1.82, 2.24) is 0 Å². The molecule has 0 amide bonds. The van der Waals surface area contributed by atoms with Crippen LogP contribution in [0, 0.1) is 0 Å². The van der Waals surface area contributed by atoms with E-state index in [2.05, 4.69) is 15.9 Å². The van der Waals surface area contributed by atoms with E-state index < -0.39 is 7.12 Å².